The lowest BCUT2D eigenvalue weighted by Gasteiger charge is -2.11. The Labute approximate surface area is 162 Å². The zero-order chi connectivity index (χ0) is 19.8. The first kappa shape index (κ1) is 18.0. The van der Waals surface area contributed by atoms with Crippen LogP contribution in [0.5, 0.6) is 0 Å². The summed E-state index contributed by atoms with van der Waals surface area (Å²) in [6, 6.07) is 15.0. The number of hydrogen-bond donors (Lipinski definition) is 0. The van der Waals surface area contributed by atoms with Gasteiger partial charge in [-0.25, -0.2) is 13.9 Å². The Hall–Kier alpha value is -3.41. The monoisotopic (exact) mass is 374 g/mol. The molecular weight excluding hydrogens is 352 g/mol. The van der Waals surface area contributed by atoms with Gasteiger partial charge in [0.25, 0.3) is 5.56 Å². The van der Waals surface area contributed by atoms with Crippen LogP contribution in [0, 0.1) is 5.92 Å². The van der Waals surface area contributed by atoms with E-state index in [9.17, 15) is 9.59 Å². The largest absolute Gasteiger partial charge is 0.352 e. The number of rotatable bonds is 5. The molecule has 2 heterocycles. The lowest BCUT2D eigenvalue weighted by Crippen LogP contribution is -2.27. The van der Waals surface area contributed by atoms with Crippen molar-refractivity contribution in [1.82, 2.24) is 18.7 Å². The van der Waals surface area contributed by atoms with Crippen molar-refractivity contribution in [2.24, 2.45) is 5.92 Å². The van der Waals surface area contributed by atoms with Gasteiger partial charge in [0.1, 0.15) is 0 Å². The second-order valence-corrected chi connectivity index (χ2v) is 7.35. The van der Waals surface area contributed by atoms with Crippen LogP contribution in [0.2, 0.25) is 0 Å². The highest BCUT2D eigenvalue weighted by Gasteiger charge is 2.17. The van der Waals surface area contributed by atoms with Crippen molar-refractivity contribution < 1.29 is 0 Å². The van der Waals surface area contributed by atoms with Crippen LogP contribution in [0.1, 0.15) is 25.0 Å². The molecule has 0 saturated heterocycles. The van der Waals surface area contributed by atoms with E-state index in [1.54, 1.807) is 22.8 Å². The average molecular weight is 374 g/mol. The van der Waals surface area contributed by atoms with Crippen molar-refractivity contribution in [3.8, 4) is 0 Å². The molecule has 142 valence electrons. The minimum Gasteiger partial charge on any atom is -0.276 e. The summed E-state index contributed by atoms with van der Waals surface area (Å²) < 4.78 is 4.56. The van der Waals surface area contributed by atoms with Crippen molar-refractivity contribution in [3.63, 3.8) is 0 Å². The minimum atomic E-state index is -0.253. The minimum absolute atomic E-state index is 0.121. The predicted octanol–water partition coefficient (Wildman–Crippen LogP) is 3.16. The molecule has 2 aromatic carbocycles. The van der Waals surface area contributed by atoms with Crippen molar-refractivity contribution in [2.75, 3.05) is 0 Å². The van der Waals surface area contributed by atoms with Gasteiger partial charge in [-0.15, -0.1) is 5.10 Å². The summed E-state index contributed by atoms with van der Waals surface area (Å²) in [5.74, 6) is 0.625. The average Bonchev–Trinajstić information content (AvgIpc) is 3.02. The van der Waals surface area contributed by atoms with Gasteiger partial charge in [0.2, 0.25) is 5.78 Å². The summed E-state index contributed by atoms with van der Waals surface area (Å²) in [6.07, 6.45) is 1.78. The normalized spacial score (nSPS) is 11.5. The fourth-order valence-electron chi connectivity index (χ4n) is 3.43. The van der Waals surface area contributed by atoms with E-state index in [0.717, 1.165) is 11.1 Å². The molecule has 0 fully saturated rings. The molecule has 0 aliphatic carbocycles. The molecule has 0 saturated carbocycles. The lowest BCUT2D eigenvalue weighted by atomic mass is 10.1. The topological polar surface area (TPSA) is 61.3 Å². The Bertz CT molecular complexity index is 1290. The zero-order valence-corrected chi connectivity index (χ0v) is 16.0. The van der Waals surface area contributed by atoms with Crippen LogP contribution in [0.4, 0.5) is 0 Å². The molecule has 0 unspecified atom stereocenters. The summed E-state index contributed by atoms with van der Waals surface area (Å²) in [7, 11) is 0. The van der Waals surface area contributed by atoms with Crippen LogP contribution >= 0.6 is 0 Å². The van der Waals surface area contributed by atoms with Gasteiger partial charge in [-0.1, -0.05) is 62.9 Å². The number of aromatic nitrogens is 4. The number of hydrogen-bond acceptors (Lipinski definition) is 3. The molecule has 0 aliphatic rings. The summed E-state index contributed by atoms with van der Waals surface area (Å²) in [4.78, 5) is 26.2. The van der Waals surface area contributed by atoms with E-state index in [2.05, 4.69) is 11.7 Å². The molecule has 0 atom stereocenters. The molecule has 2 aromatic heterocycles. The Balaban J connectivity index is 1.95. The van der Waals surface area contributed by atoms with Crippen molar-refractivity contribution in [2.45, 2.75) is 26.9 Å². The van der Waals surface area contributed by atoms with Gasteiger partial charge in [-0.05, 0) is 29.2 Å². The maximum atomic E-state index is 13.2. The van der Waals surface area contributed by atoms with Gasteiger partial charge < -0.3 is 0 Å². The van der Waals surface area contributed by atoms with E-state index in [4.69, 9.17) is 0 Å². The van der Waals surface area contributed by atoms with Crippen LogP contribution < -0.4 is 11.2 Å². The van der Waals surface area contributed by atoms with Gasteiger partial charge in [0, 0.05) is 6.54 Å². The quantitative estimate of drug-likeness (QED) is 0.539. The van der Waals surface area contributed by atoms with Crippen LogP contribution in [-0.2, 0) is 13.1 Å². The molecular formula is C22H22N4O2. The van der Waals surface area contributed by atoms with Gasteiger partial charge in [-0.2, -0.15) is 0 Å². The second-order valence-electron chi connectivity index (χ2n) is 7.35. The third kappa shape index (κ3) is 2.97. The van der Waals surface area contributed by atoms with E-state index < -0.39 is 0 Å². The van der Waals surface area contributed by atoms with Crippen molar-refractivity contribution in [1.29, 1.82) is 0 Å². The summed E-state index contributed by atoms with van der Waals surface area (Å²) in [5.41, 5.74) is 2.18. The molecule has 0 radical (unpaired) electrons. The number of para-hydroxylation sites is 1. The fourth-order valence-corrected chi connectivity index (χ4v) is 3.43. The van der Waals surface area contributed by atoms with Crippen LogP contribution in [0.3, 0.4) is 0 Å². The molecule has 0 aliphatic heterocycles. The SMILES string of the molecule is C=Cc1ccc(Cn2nc3n(CC(C)C)c(=O)c4ccccc4n3c2=O)cc1. The van der Waals surface area contributed by atoms with Crippen molar-refractivity contribution in [3.05, 3.63) is 87.1 Å². The lowest BCUT2D eigenvalue weighted by molar-refractivity contribution is 0.516. The third-order valence-corrected chi connectivity index (χ3v) is 4.78. The van der Waals surface area contributed by atoms with Gasteiger partial charge >= 0.3 is 5.69 Å². The molecule has 4 aromatic rings. The van der Waals surface area contributed by atoms with Gasteiger partial charge in [0.15, 0.2) is 0 Å². The maximum Gasteiger partial charge on any atom is 0.352 e. The van der Waals surface area contributed by atoms with Crippen LogP contribution in [0.25, 0.3) is 22.8 Å². The van der Waals surface area contributed by atoms with E-state index in [1.807, 2.05) is 50.2 Å². The number of benzene rings is 2. The Morgan fingerprint density at radius 1 is 1.07 bits per heavy atom. The first-order valence-electron chi connectivity index (χ1n) is 9.32. The standard InChI is InChI=1S/C22H22N4O2/c1-4-16-9-11-17(12-10-16)14-25-22(28)26-19-8-6-5-7-18(19)20(27)24(13-15(2)3)21(26)23-25/h4-12,15H,1,13-14H2,2-3H3. The number of fused-ring (bicyclic) bond motifs is 3. The molecule has 0 amide bonds. The van der Waals surface area contributed by atoms with Gasteiger partial charge in [-0.3, -0.25) is 9.36 Å². The van der Waals surface area contributed by atoms with E-state index in [0.29, 0.717) is 29.8 Å². The summed E-state index contributed by atoms with van der Waals surface area (Å²) in [5, 5.41) is 5.04. The predicted molar refractivity (Wildman–Crippen MR) is 112 cm³/mol. The summed E-state index contributed by atoms with van der Waals surface area (Å²) in [6.45, 7) is 8.66. The highest BCUT2D eigenvalue weighted by molar-refractivity contribution is 5.80. The maximum absolute atomic E-state index is 13.2. The molecule has 0 spiro atoms. The zero-order valence-electron chi connectivity index (χ0n) is 16.0. The molecule has 0 bridgehead atoms. The first-order valence-corrected chi connectivity index (χ1v) is 9.32. The van der Waals surface area contributed by atoms with Crippen molar-refractivity contribution >= 4 is 22.8 Å². The van der Waals surface area contributed by atoms with Gasteiger partial charge in [0.05, 0.1) is 17.4 Å². The second kappa shape index (κ2) is 6.96. The molecule has 0 N–H and O–H groups in total. The Morgan fingerprint density at radius 2 is 1.79 bits per heavy atom. The number of nitrogens with zero attached hydrogens (tertiary/aromatic N) is 4. The van der Waals surface area contributed by atoms with E-state index >= 15 is 0 Å². The van der Waals surface area contributed by atoms with Crippen LogP contribution in [-0.4, -0.2) is 18.7 Å². The molecule has 4 rings (SSSR count). The third-order valence-electron chi connectivity index (χ3n) is 4.78. The molecule has 6 heteroatoms. The fraction of sp³-hybridized carbons (Fsp3) is 0.227. The molecule has 28 heavy (non-hydrogen) atoms. The summed E-state index contributed by atoms with van der Waals surface area (Å²) >= 11 is 0. The van der Waals surface area contributed by atoms with Crippen LogP contribution in [0.15, 0.2) is 64.7 Å². The first-order chi connectivity index (χ1) is 13.5. The van der Waals surface area contributed by atoms with E-state index in [1.165, 1.54) is 9.08 Å². The Kier molecular flexibility index (Phi) is 4.47. The van der Waals surface area contributed by atoms with E-state index in [-0.39, 0.29) is 17.2 Å². The Morgan fingerprint density at radius 3 is 2.46 bits per heavy atom. The smallest absolute Gasteiger partial charge is 0.276 e. The highest BCUT2D eigenvalue weighted by atomic mass is 16.2. The molecule has 6 nitrogen and oxygen atoms in total. The highest BCUT2D eigenvalue weighted by Crippen LogP contribution is 2.13.